The van der Waals surface area contributed by atoms with E-state index in [-0.39, 0.29) is 0 Å². The monoisotopic (exact) mass is 988 g/mol. The summed E-state index contributed by atoms with van der Waals surface area (Å²) in [5.41, 5.74) is 19.8. The van der Waals surface area contributed by atoms with Gasteiger partial charge in [-0.25, -0.2) is 9.97 Å². The third-order valence-electron chi connectivity index (χ3n) is 17.3. The zero-order valence-electron chi connectivity index (χ0n) is 41.8. The lowest BCUT2D eigenvalue weighted by Crippen LogP contribution is -1.94. The third kappa shape index (κ3) is 5.07. The molecule has 0 aliphatic rings. The van der Waals surface area contributed by atoms with E-state index >= 15 is 0 Å². The van der Waals surface area contributed by atoms with Crippen LogP contribution in [0.25, 0.3) is 175 Å². The van der Waals surface area contributed by atoms with Crippen LogP contribution in [0.4, 0.5) is 0 Å². The smallest absolute Gasteiger partial charge is 0.165 e. The van der Waals surface area contributed by atoms with Gasteiger partial charge in [-0.15, -0.1) is 0 Å². The summed E-state index contributed by atoms with van der Waals surface area (Å²) in [6, 6.07) is 89.1. The predicted octanol–water partition coefficient (Wildman–Crippen LogP) is 18.6. The van der Waals surface area contributed by atoms with E-state index in [1.54, 1.807) is 0 Å². The molecule has 358 valence electrons. The van der Waals surface area contributed by atoms with Gasteiger partial charge in [0, 0.05) is 76.4 Å². The number of hydrogen-bond donors (Lipinski definition) is 0. The Balaban J connectivity index is 0.933. The average Bonchev–Trinajstić information content (AvgIpc) is 4.51. The van der Waals surface area contributed by atoms with Gasteiger partial charge in [-0.2, -0.15) is 0 Å². The van der Waals surface area contributed by atoms with Gasteiger partial charge < -0.3 is 9.13 Å². The molecule has 78 heavy (non-hydrogen) atoms. The first-order valence-corrected chi connectivity index (χ1v) is 26.8. The van der Waals surface area contributed by atoms with Gasteiger partial charge in [0.05, 0.1) is 44.1 Å². The van der Waals surface area contributed by atoms with E-state index < -0.39 is 0 Å². The lowest BCUT2D eigenvalue weighted by Gasteiger charge is -2.10. The number of benzene rings is 12. The van der Waals surface area contributed by atoms with Crippen LogP contribution in [0.1, 0.15) is 0 Å². The normalized spacial score (nSPS) is 12.6. The van der Waals surface area contributed by atoms with Gasteiger partial charge in [-0.1, -0.05) is 170 Å². The van der Waals surface area contributed by atoms with Crippen molar-refractivity contribution in [2.24, 2.45) is 0 Å². The summed E-state index contributed by atoms with van der Waals surface area (Å²) in [5.74, 6) is 0. The average molecular weight is 989 g/mol. The summed E-state index contributed by atoms with van der Waals surface area (Å²) in [4.78, 5) is 12.0. The third-order valence-corrected chi connectivity index (χ3v) is 17.3. The molecule has 0 atom stereocenters. The molecule has 0 spiro atoms. The second kappa shape index (κ2) is 14.6. The van der Waals surface area contributed by atoms with Crippen molar-refractivity contribution in [1.82, 2.24) is 27.9 Å². The molecule has 7 aromatic heterocycles. The summed E-state index contributed by atoms with van der Waals surface area (Å²) in [7, 11) is 0. The minimum absolute atomic E-state index is 0.866. The Morgan fingerprint density at radius 2 is 0.692 bits per heavy atom. The van der Waals surface area contributed by atoms with Crippen LogP contribution >= 0.6 is 0 Å². The molecule has 0 fully saturated rings. The van der Waals surface area contributed by atoms with Crippen molar-refractivity contribution >= 4 is 142 Å². The molecule has 19 rings (SSSR count). The molecule has 19 aromatic rings. The number of rotatable bonds is 4. The van der Waals surface area contributed by atoms with Crippen molar-refractivity contribution in [3.8, 4) is 33.6 Å². The first-order valence-electron chi connectivity index (χ1n) is 26.8. The quantitative estimate of drug-likeness (QED) is 0.176. The number of aromatic nitrogens is 6. The van der Waals surface area contributed by atoms with E-state index in [9.17, 15) is 0 Å². The van der Waals surface area contributed by atoms with Gasteiger partial charge in [-0.05, 0) is 105 Å². The van der Waals surface area contributed by atoms with Gasteiger partial charge in [0.2, 0.25) is 0 Å². The summed E-state index contributed by atoms with van der Waals surface area (Å²) >= 11 is 0. The van der Waals surface area contributed by atoms with E-state index in [2.05, 4.69) is 261 Å². The van der Waals surface area contributed by atoms with Gasteiger partial charge in [0.1, 0.15) is 11.0 Å². The van der Waals surface area contributed by atoms with Gasteiger partial charge in [0.25, 0.3) is 0 Å². The van der Waals surface area contributed by atoms with E-state index in [0.717, 1.165) is 88.8 Å². The highest BCUT2D eigenvalue weighted by Gasteiger charge is 2.29. The van der Waals surface area contributed by atoms with Crippen LogP contribution in [-0.2, 0) is 0 Å². The van der Waals surface area contributed by atoms with Crippen molar-refractivity contribution < 1.29 is 0 Å². The van der Waals surface area contributed by atoms with Crippen LogP contribution in [0, 0.1) is 0 Å². The van der Waals surface area contributed by atoms with Crippen LogP contribution in [0.3, 0.4) is 0 Å². The molecule has 0 aliphatic heterocycles. The largest absolute Gasteiger partial charge is 0.309 e. The molecule has 0 aliphatic carbocycles. The van der Waals surface area contributed by atoms with Gasteiger partial charge in [-0.3, -0.25) is 8.80 Å². The zero-order chi connectivity index (χ0) is 50.5. The van der Waals surface area contributed by atoms with Gasteiger partial charge >= 0.3 is 0 Å². The highest BCUT2D eigenvalue weighted by Crippen LogP contribution is 2.49. The minimum atomic E-state index is 0.866. The molecule has 7 heterocycles. The fourth-order valence-electron chi connectivity index (χ4n) is 14.2. The van der Waals surface area contributed by atoms with Crippen molar-refractivity contribution in [2.75, 3.05) is 0 Å². The fourth-order valence-corrected chi connectivity index (χ4v) is 14.2. The maximum atomic E-state index is 6.00. The molecule has 0 bridgehead atoms. The first-order chi connectivity index (χ1) is 38.7. The zero-order valence-corrected chi connectivity index (χ0v) is 41.8. The molecule has 6 nitrogen and oxygen atoms in total. The number of hydrogen-bond acceptors (Lipinski definition) is 2. The maximum Gasteiger partial charge on any atom is 0.165 e. The molecule has 6 heteroatoms. The lowest BCUT2D eigenvalue weighted by atomic mass is 9.97. The summed E-state index contributed by atoms with van der Waals surface area (Å²) in [6.45, 7) is 0. The topological polar surface area (TPSA) is 44.5 Å². The second-order valence-electron chi connectivity index (χ2n) is 21.2. The molecule has 0 N–H and O–H groups in total. The molecule has 0 radical (unpaired) electrons. The minimum Gasteiger partial charge on any atom is -0.309 e. The number of nitrogens with zero attached hydrogens (tertiary/aromatic N) is 6. The Kier molecular flexibility index (Phi) is 7.65. The predicted molar refractivity (Wildman–Crippen MR) is 326 cm³/mol. The summed E-state index contributed by atoms with van der Waals surface area (Å²) < 4.78 is 9.70. The molecule has 12 aromatic carbocycles. The first kappa shape index (κ1) is 40.8. The molecular weight excluding hydrogens is 949 g/mol. The van der Waals surface area contributed by atoms with Crippen molar-refractivity contribution in [1.29, 1.82) is 0 Å². The van der Waals surface area contributed by atoms with E-state index in [1.165, 1.54) is 86.7 Å². The van der Waals surface area contributed by atoms with Crippen LogP contribution < -0.4 is 0 Å². The lowest BCUT2D eigenvalue weighted by molar-refractivity contribution is 1.18. The van der Waals surface area contributed by atoms with E-state index in [4.69, 9.17) is 9.97 Å². The SMILES string of the molecule is c1ccc(-n2c3ccccc3c3cc(-c4cccc5c6c7ccccc7cc7c8nc9c(nc8n(c45)c76)c4c5ccccc5cc5c6cccc(-c7ccc8c(c7)c7ccccc7n8-c7ccccc7)c6n9c54)ccc32)cc1. The van der Waals surface area contributed by atoms with Crippen molar-refractivity contribution in [2.45, 2.75) is 0 Å². The Labute approximate surface area is 443 Å². The van der Waals surface area contributed by atoms with Crippen LogP contribution in [0.5, 0.6) is 0 Å². The summed E-state index contributed by atoms with van der Waals surface area (Å²) in [6.07, 6.45) is 0. The molecule has 0 saturated heterocycles. The fraction of sp³-hybridized carbons (Fsp3) is 0. The van der Waals surface area contributed by atoms with Crippen LogP contribution in [-0.4, -0.2) is 27.9 Å². The Morgan fingerprint density at radius 3 is 1.29 bits per heavy atom. The highest BCUT2D eigenvalue weighted by molar-refractivity contribution is 6.35. The van der Waals surface area contributed by atoms with E-state index in [0.29, 0.717) is 0 Å². The summed E-state index contributed by atoms with van der Waals surface area (Å²) in [5, 5.41) is 16.7. The van der Waals surface area contributed by atoms with Crippen LogP contribution in [0.15, 0.2) is 243 Å². The van der Waals surface area contributed by atoms with Crippen LogP contribution in [0.2, 0.25) is 0 Å². The second-order valence-corrected chi connectivity index (χ2v) is 21.2. The molecule has 0 amide bonds. The van der Waals surface area contributed by atoms with Crippen molar-refractivity contribution in [3.63, 3.8) is 0 Å². The molecule has 0 saturated carbocycles. The van der Waals surface area contributed by atoms with Crippen molar-refractivity contribution in [3.05, 3.63) is 243 Å². The standard InChI is InChI=1S/C72H40N6/c1-3-19-45(20-4-1)75-59-31-13-11-25-51(59)55-37-43(33-35-61(55)75)49-27-15-29-53-57-39-41-17-8-10-24-48(41)64-66-72(77(67(49)53)69(57)64)73-65-58-40-42-18-7-9-23-47(42)63-54-30-16-28-50(68(54)78(70(58)63)71(65)74-66)44-34-36-62-56(38-44)52-26-12-14-32-60(52)76(62)46-21-5-2-6-22-46/h1-40H. The number of fused-ring (bicyclic) bond motifs is 22. The molecular formula is C72H40N6. The maximum absolute atomic E-state index is 6.00. The highest BCUT2D eigenvalue weighted by atomic mass is 15.1. The molecule has 0 unspecified atom stereocenters. The number of para-hydroxylation sites is 6. The Morgan fingerprint density at radius 1 is 0.256 bits per heavy atom. The van der Waals surface area contributed by atoms with Gasteiger partial charge in [0.15, 0.2) is 11.3 Å². The van der Waals surface area contributed by atoms with E-state index in [1.807, 2.05) is 0 Å². The Hall–Kier alpha value is -10.6. The Bertz CT molecular complexity index is 5800.